The van der Waals surface area contributed by atoms with E-state index in [9.17, 15) is 20.1 Å². The Labute approximate surface area is 227 Å². The van der Waals surface area contributed by atoms with Gasteiger partial charge in [0.15, 0.2) is 18.2 Å². The molecule has 2 heterocycles. The van der Waals surface area contributed by atoms with Gasteiger partial charge in [0.2, 0.25) is 5.89 Å². The van der Waals surface area contributed by atoms with Gasteiger partial charge in [0.25, 0.3) is 0 Å². The first-order valence-electron chi connectivity index (χ1n) is 11.3. The summed E-state index contributed by atoms with van der Waals surface area (Å²) in [6, 6.07) is 9.67. The normalized spacial score (nSPS) is 23.2. The smallest absolute Gasteiger partial charge is 0.342 e. The van der Waals surface area contributed by atoms with Gasteiger partial charge in [-0.3, -0.25) is 0 Å². The van der Waals surface area contributed by atoms with Gasteiger partial charge in [0.05, 0.1) is 24.9 Å². The summed E-state index contributed by atoms with van der Waals surface area (Å²) < 4.78 is 32.7. The number of carbonyl (C=O) groups is 1. The number of hydrogen-bond acceptors (Lipinski definition) is 11. The summed E-state index contributed by atoms with van der Waals surface area (Å²) >= 11 is 12.3. The van der Waals surface area contributed by atoms with Crippen LogP contribution in [0.25, 0.3) is 11.5 Å². The summed E-state index contributed by atoms with van der Waals surface area (Å²) in [6.07, 6.45) is -5.33. The molecule has 5 atom stereocenters. The molecule has 2 aromatic carbocycles. The molecule has 1 aliphatic rings. The summed E-state index contributed by atoms with van der Waals surface area (Å²) in [5.41, 5.74) is 0.669. The molecule has 0 aliphatic carbocycles. The van der Waals surface area contributed by atoms with Crippen LogP contribution < -0.4 is 9.47 Å². The number of ether oxygens (including phenoxy) is 5. The molecule has 38 heavy (non-hydrogen) atoms. The van der Waals surface area contributed by atoms with E-state index in [0.717, 1.165) is 5.56 Å². The Morgan fingerprint density at radius 3 is 2.47 bits per heavy atom. The van der Waals surface area contributed by atoms with E-state index in [4.69, 9.17) is 51.3 Å². The van der Waals surface area contributed by atoms with Gasteiger partial charge in [0, 0.05) is 23.8 Å². The maximum absolute atomic E-state index is 13.0. The van der Waals surface area contributed by atoms with Crippen LogP contribution in [0.4, 0.5) is 0 Å². The SMILES string of the molecule is COc1cc(OCc2cnc(-c3ccc(Cl)cc3)o2)c(Cl)cc1C(=O)O[C@H]1[C@@H](OC)O[C@H](CO)[C@@H](O)[C@@H]1O. The lowest BCUT2D eigenvalue weighted by molar-refractivity contribution is -0.293. The van der Waals surface area contributed by atoms with Crippen LogP contribution in [0.3, 0.4) is 0 Å². The van der Waals surface area contributed by atoms with Gasteiger partial charge < -0.3 is 43.4 Å². The zero-order chi connectivity index (χ0) is 27.4. The number of benzene rings is 2. The Morgan fingerprint density at radius 2 is 1.82 bits per heavy atom. The number of aliphatic hydroxyl groups excluding tert-OH is 3. The highest BCUT2D eigenvalue weighted by Crippen LogP contribution is 2.35. The van der Waals surface area contributed by atoms with Crippen LogP contribution >= 0.6 is 23.2 Å². The van der Waals surface area contributed by atoms with Crippen molar-refractivity contribution in [3.05, 3.63) is 64.0 Å². The minimum Gasteiger partial charge on any atom is -0.496 e. The number of aliphatic hydroxyl groups is 3. The van der Waals surface area contributed by atoms with E-state index in [1.165, 1.54) is 32.5 Å². The van der Waals surface area contributed by atoms with E-state index < -0.39 is 43.3 Å². The topological polar surface area (TPSA) is 150 Å². The fraction of sp³-hybridized carbons (Fsp3) is 0.360. The molecule has 3 aromatic rings. The molecule has 0 amide bonds. The third-order valence-electron chi connectivity index (χ3n) is 5.79. The van der Waals surface area contributed by atoms with E-state index >= 15 is 0 Å². The number of esters is 1. The molecule has 3 N–H and O–H groups in total. The van der Waals surface area contributed by atoms with E-state index in [1.807, 2.05) is 0 Å². The summed E-state index contributed by atoms with van der Waals surface area (Å²) in [4.78, 5) is 17.2. The molecule has 204 valence electrons. The van der Waals surface area contributed by atoms with Crippen molar-refractivity contribution < 1.29 is 48.2 Å². The van der Waals surface area contributed by atoms with Crippen molar-refractivity contribution in [3.8, 4) is 23.0 Å². The predicted octanol–water partition coefficient (Wildman–Crippen LogP) is 2.85. The van der Waals surface area contributed by atoms with Crippen LogP contribution in [0.15, 0.2) is 47.0 Å². The lowest BCUT2D eigenvalue weighted by atomic mass is 9.99. The Balaban J connectivity index is 1.46. The number of halogens is 2. The molecule has 1 fully saturated rings. The van der Waals surface area contributed by atoms with Gasteiger partial charge in [-0.05, 0) is 30.3 Å². The molecule has 4 rings (SSSR count). The van der Waals surface area contributed by atoms with Crippen LogP contribution in [0.1, 0.15) is 16.1 Å². The highest BCUT2D eigenvalue weighted by molar-refractivity contribution is 6.32. The lowest BCUT2D eigenvalue weighted by Crippen LogP contribution is -2.60. The molecule has 0 bridgehead atoms. The van der Waals surface area contributed by atoms with E-state index in [0.29, 0.717) is 16.7 Å². The van der Waals surface area contributed by atoms with Gasteiger partial charge in [-0.1, -0.05) is 23.2 Å². The zero-order valence-electron chi connectivity index (χ0n) is 20.2. The summed E-state index contributed by atoms with van der Waals surface area (Å²) in [6.45, 7) is -0.585. The number of aromatic nitrogens is 1. The molecule has 1 saturated heterocycles. The number of carbonyl (C=O) groups excluding carboxylic acids is 1. The summed E-state index contributed by atoms with van der Waals surface area (Å²) in [5.74, 6) is 0.151. The molecular weight excluding hydrogens is 545 g/mol. The van der Waals surface area contributed by atoms with E-state index in [-0.39, 0.29) is 28.7 Å². The molecule has 11 nitrogen and oxygen atoms in total. The number of rotatable bonds is 9. The molecule has 1 aromatic heterocycles. The third kappa shape index (κ3) is 6.05. The summed E-state index contributed by atoms with van der Waals surface area (Å²) in [5, 5.41) is 30.6. The van der Waals surface area contributed by atoms with Crippen LogP contribution in [0.2, 0.25) is 10.0 Å². The second-order valence-electron chi connectivity index (χ2n) is 8.22. The molecule has 13 heteroatoms. The Morgan fingerprint density at radius 1 is 1.08 bits per heavy atom. The van der Waals surface area contributed by atoms with Gasteiger partial charge in [-0.25, -0.2) is 9.78 Å². The first-order valence-corrected chi connectivity index (χ1v) is 12.1. The van der Waals surface area contributed by atoms with E-state index in [1.54, 1.807) is 24.3 Å². The monoisotopic (exact) mass is 569 g/mol. The number of methoxy groups -OCH3 is 2. The second kappa shape index (κ2) is 12.3. The van der Waals surface area contributed by atoms with Crippen molar-refractivity contribution in [3.63, 3.8) is 0 Å². The van der Waals surface area contributed by atoms with Crippen molar-refractivity contribution in [1.82, 2.24) is 4.98 Å². The second-order valence-corrected chi connectivity index (χ2v) is 9.07. The van der Waals surface area contributed by atoms with Crippen molar-refractivity contribution >= 4 is 29.2 Å². The molecule has 0 spiro atoms. The molecular formula is C25H25Cl2NO10. The van der Waals surface area contributed by atoms with Gasteiger partial charge in [0.1, 0.15) is 42.0 Å². The third-order valence-corrected chi connectivity index (χ3v) is 6.34. The summed E-state index contributed by atoms with van der Waals surface area (Å²) in [7, 11) is 2.60. The van der Waals surface area contributed by atoms with Crippen molar-refractivity contribution in [2.45, 2.75) is 37.3 Å². The minimum atomic E-state index is -1.58. The Hall–Kier alpha value is -2.90. The molecule has 1 aliphatic heterocycles. The van der Waals surface area contributed by atoms with Gasteiger partial charge in [-0.2, -0.15) is 0 Å². The average molecular weight is 570 g/mol. The highest BCUT2D eigenvalue weighted by atomic mass is 35.5. The van der Waals surface area contributed by atoms with Crippen molar-refractivity contribution in [2.75, 3.05) is 20.8 Å². The fourth-order valence-electron chi connectivity index (χ4n) is 3.78. The fourth-order valence-corrected chi connectivity index (χ4v) is 4.13. The standard InChI is InChI=1S/C25H25Cl2NO10/c1-33-17-8-18(35-11-14-9-28-23(36-14)12-3-5-13(26)6-4-12)16(27)7-15(17)24(32)38-22-21(31)20(30)19(10-29)37-25(22)34-2/h3-9,19-22,25,29-31H,10-11H2,1-2H3/t19-,20-,21+,22-,25+/m1/s1. The number of oxazole rings is 1. The predicted molar refractivity (Wildman–Crippen MR) is 133 cm³/mol. The van der Waals surface area contributed by atoms with E-state index in [2.05, 4.69) is 4.98 Å². The Bertz CT molecular complexity index is 1250. The van der Waals surface area contributed by atoms with Crippen molar-refractivity contribution in [1.29, 1.82) is 0 Å². The maximum Gasteiger partial charge on any atom is 0.342 e. The lowest BCUT2D eigenvalue weighted by Gasteiger charge is -2.40. The van der Waals surface area contributed by atoms with Crippen molar-refractivity contribution in [2.24, 2.45) is 0 Å². The molecule has 0 unspecified atom stereocenters. The number of hydrogen-bond donors (Lipinski definition) is 3. The highest BCUT2D eigenvalue weighted by Gasteiger charge is 2.47. The molecule has 0 radical (unpaired) electrons. The van der Waals surface area contributed by atoms with Crippen LogP contribution in [0.5, 0.6) is 11.5 Å². The first-order chi connectivity index (χ1) is 18.2. The largest absolute Gasteiger partial charge is 0.496 e. The van der Waals surface area contributed by atoms with Crippen LogP contribution in [-0.4, -0.2) is 77.8 Å². The minimum absolute atomic E-state index is 0.0156. The maximum atomic E-state index is 13.0. The Kier molecular flexibility index (Phi) is 9.11. The quantitative estimate of drug-likeness (QED) is 0.326. The molecule has 0 saturated carbocycles. The zero-order valence-corrected chi connectivity index (χ0v) is 21.8. The first kappa shape index (κ1) is 28.1. The van der Waals surface area contributed by atoms with Gasteiger partial charge >= 0.3 is 5.97 Å². The van der Waals surface area contributed by atoms with Crippen LogP contribution in [-0.2, 0) is 20.8 Å². The average Bonchev–Trinajstić information content (AvgIpc) is 3.40. The van der Waals surface area contributed by atoms with Gasteiger partial charge in [-0.15, -0.1) is 0 Å². The number of nitrogens with zero attached hydrogens (tertiary/aromatic N) is 1. The van der Waals surface area contributed by atoms with Crippen LogP contribution in [0, 0.1) is 0 Å².